The molecule has 0 saturated carbocycles. The van der Waals surface area contributed by atoms with Crippen LogP contribution >= 0.6 is 11.8 Å². The van der Waals surface area contributed by atoms with Crippen LogP contribution in [0.5, 0.6) is 0 Å². The zero-order chi connectivity index (χ0) is 21.4. The van der Waals surface area contributed by atoms with Crippen LogP contribution in [0.4, 0.5) is 5.69 Å². The van der Waals surface area contributed by atoms with Gasteiger partial charge in [-0.3, -0.25) is 4.79 Å². The minimum absolute atomic E-state index is 0.000655. The van der Waals surface area contributed by atoms with Gasteiger partial charge >= 0.3 is 0 Å². The van der Waals surface area contributed by atoms with Gasteiger partial charge < -0.3 is 5.32 Å². The fraction of sp³-hybridized carbons (Fsp3) is 0.208. The summed E-state index contributed by atoms with van der Waals surface area (Å²) in [4.78, 5) is 13.4. The predicted octanol–water partition coefficient (Wildman–Crippen LogP) is 5.23. The summed E-state index contributed by atoms with van der Waals surface area (Å²) in [5.41, 5.74) is 3.27. The number of benzene rings is 3. The molecule has 3 rings (SSSR count). The first-order valence-electron chi connectivity index (χ1n) is 9.72. The lowest BCUT2D eigenvalue weighted by atomic mass is 10.2. The molecule has 0 aliphatic carbocycles. The van der Waals surface area contributed by atoms with E-state index in [0.29, 0.717) is 23.4 Å². The maximum absolute atomic E-state index is 12.5. The fourth-order valence-electron chi connectivity index (χ4n) is 2.99. The number of carbonyl (C=O) groups is 1. The van der Waals surface area contributed by atoms with Gasteiger partial charge in [0, 0.05) is 22.8 Å². The molecule has 0 bridgehead atoms. The number of hydrogen-bond donors (Lipinski definition) is 1. The maximum Gasteiger partial charge on any atom is 0.225 e. The lowest BCUT2D eigenvalue weighted by Crippen LogP contribution is -2.13. The van der Waals surface area contributed by atoms with Crippen molar-refractivity contribution in [2.24, 2.45) is 0 Å². The standard InChI is InChI=1S/C24H25NO3S2/c1-19-10-12-23(13-11-19)29-15-14-24(26)25-22-9-5-8-21(16-22)18-30(27,28)17-20-6-3-2-4-7-20/h2-13,16H,14-15,17-18H2,1H3,(H,25,26). The van der Waals surface area contributed by atoms with E-state index in [1.165, 1.54) is 5.56 Å². The molecule has 0 spiro atoms. The molecule has 0 unspecified atom stereocenters. The van der Waals surface area contributed by atoms with E-state index in [4.69, 9.17) is 0 Å². The number of anilines is 1. The number of thioether (sulfide) groups is 1. The van der Waals surface area contributed by atoms with Crippen LogP contribution in [0.15, 0.2) is 83.8 Å². The fourth-order valence-corrected chi connectivity index (χ4v) is 5.33. The van der Waals surface area contributed by atoms with Crippen LogP contribution in [-0.2, 0) is 26.1 Å². The summed E-state index contributed by atoms with van der Waals surface area (Å²) in [6.07, 6.45) is 0.384. The van der Waals surface area contributed by atoms with Crippen molar-refractivity contribution in [3.8, 4) is 0 Å². The number of rotatable bonds is 9. The van der Waals surface area contributed by atoms with E-state index in [0.717, 1.165) is 10.5 Å². The Labute approximate surface area is 182 Å². The Balaban J connectivity index is 1.51. The van der Waals surface area contributed by atoms with Gasteiger partial charge in [0.05, 0.1) is 11.5 Å². The van der Waals surface area contributed by atoms with Crippen LogP contribution in [0.3, 0.4) is 0 Å². The number of hydrogen-bond acceptors (Lipinski definition) is 4. The molecule has 3 aromatic rings. The third kappa shape index (κ3) is 7.35. The monoisotopic (exact) mass is 439 g/mol. The van der Waals surface area contributed by atoms with E-state index in [1.807, 2.05) is 37.3 Å². The lowest BCUT2D eigenvalue weighted by Gasteiger charge is -2.09. The molecule has 1 amide bonds. The summed E-state index contributed by atoms with van der Waals surface area (Å²) in [7, 11) is -3.30. The zero-order valence-electron chi connectivity index (χ0n) is 16.9. The second kappa shape index (κ2) is 10.5. The summed E-state index contributed by atoms with van der Waals surface area (Å²) in [5.74, 6) is 0.536. The van der Waals surface area contributed by atoms with Crippen LogP contribution < -0.4 is 5.32 Å². The van der Waals surface area contributed by atoms with E-state index in [1.54, 1.807) is 36.0 Å². The molecule has 1 N–H and O–H groups in total. The first-order valence-corrected chi connectivity index (χ1v) is 12.5. The number of amides is 1. The molecule has 4 nitrogen and oxygen atoms in total. The van der Waals surface area contributed by atoms with Crippen LogP contribution in [0.25, 0.3) is 0 Å². The Hall–Kier alpha value is -2.57. The van der Waals surface area contributed by atoms with Crippen molar-refractivity contribution in [1.82, 2.24) is 0 Å². The van der Waals surface area contributed by atoms with Crippen molar-refractivity contribution in [3.63, 3.8) is 0 Å². The molecule has 3 aromatic carbocycles. The maximum atomic E-state index is 12.5. The van der Waals surface area contributed by atoms with Crippen molar-refractivity contribution < 1.29 is 13.2 Å². The summed E-state index contributed by atoms with van der Waals surface area (Å²) in [6, 6.07) is 24.4. The van der Waals surface area contributed by atoms with Crippen molar-refractivity contribution in [2.75, 3.05) is 11.1 Å². The molecule has 0 saturated heterocycles. The van der Waals surface area contributed by atoms with Gasteiger partial charge in [-0.05, 0) is 42.3 Å². The topological polar surface area (TPSA) is 63.2 Å². The van der Waals surface area contributed by atoms with Crippen LogP contribution in [0.2, 0.25) is 0 Å². The minimum atomic E-state index is -3.30. The van der Waals surface area contributed by atoms with Gasteiger partial charge in [-0.15, -0.1) is 11.8 Å². The number of aryl methyl sites for hydroxylation is 1. The van der Waals surface area contributed by atoms with Crippen molar-refractivity contribution in [3.05, 3.63) is 95.6 Å². The number of nitrogens with one attached hydrogen (secondary N) is 1. The molecule has 0 heterocycles. The lowest BCUT2D eigenvalue weighted by molar-refractivity contribution is -0.115. The van der Waals surface area contributed by atoms with Crippen LogP contribution in [0.1, 0.15) is 23.1 Å². The smallest absolute Gasteiger partial charge is 0.225 e. The van der Waals surface area contributed by atoms with Crippen molar-refractivity contribution in [2.45, 2.75) is 29.7 Å². The Morgan fingerprint density at radius 3 is 2.27 bits per heavy atom. The second-order valence-electron chi connectivity index (χ2n) is 7.18. The molecule has 0 atom stereocenters. The van der Waals surface area contributed by atoms with Gasteiger partial charge in [0.1, 0.15) is 0 Å². The van der Waals surface area contributed by atoms with Gasteiger partial charge in [0.15, 0.2) is 9.84 Å². The SMILES string of the molecule is Cc1ccc(SCCC(=O)Nc2cccc(CS(=O)(=O)Cc3ccccc3)c2)cc1. The number of sulfone groups is 1. The first kappa shape index (κ1) is 22.1. The Kier molecular flexibility index (Phi) is 7.71. The summed E-state index contributed by atoms with van der Waals surface area (Å²) in [5, 5.41) is 2.87. The van der Waals surface area contributed by atoms with Gasteiger partial charge in [-0.25, -0.2) is 8.42 Å². The quantitative estimate of drug-likeness (QED) is 0.464. The van der Waals surface area contributed by atoms with Gasteiger partial charge in [-0.2, -0.15) is 0 Å². The van der Waals surface area contributed by atoms with E-state index >= 15 is 0 Å². The normalized spacial score (nSPS) is 11.2. The number of carbonyl (C=O) groups excluding carboxylic acids is 1. The molecular formula is C24H25NO3S2. The average Bonchev–Trinajstić information content (AvgIpc) is 2.70. The van der Waals surface area contributed by atoms with Crippen LogP contribution in [-0.4, -0.2) is 20.1 Å². The highest BCUT2D eigenvalue weighted by Crippen LogP contribution is 2.20. The largest absolute Gasteiger partial charge is 0.326 e. The molecular weight excluding hydrogens is 414 g/mol. The zero-order valence-corrected chi connectivity index (χ0v) is 18.5. The molecule has 0 aromatic heterocycles. The van der Waals surface area contributed by atoms with E-state index in [2.05, 4.69) is 29.6 Å². The first-order chi connectivity index (χ1) is 14.4. The highest BCUT2D eigenvalue weighted by Gasteiger charge is 2.14. The Bertz CT molecular complexity index is 1080. The molecule has 30 heavy (non-hydrogen) atoms. The van der Waals surface area contributed by atoms with Crippen molar-refractivity contribution in [1.29, 1.82) is 0 Å². The van der Waals surface area contributed by atoms with Gasteiger partial charge in [-0.1, -0.05) is 60.2 Å². The Morgan fingerprint density at radius 2 is 1.53 bits per heavy atom. The van der Waals surface area contributed by atoms with E-state index in [9.17, 15) is 13.2 Å². The highest BCUT2D eigenvalue weighted by atomic mass is 32.2. The van der Waals surface area contributed by atoms with E-state index < -0.39 is 9.84 Å². The average molecular weight is 440 g/mol. The molecule has 156 valence electrons. The minimum Gasteiger partial charge on any atom is -0.326 e. The van der Waals surface area contributed by atoms with Gasteiger partial charge in [0.2, 0.25) is 5.91 Å². The molecule has 0 aliphatic heterocycles. The van der Waals surface area contributed by atoms with E-state index in [-0.39, 0.29) is 17.4 Å². The third-order valence-corrected chi connectivity index (χ3v) is 7.01. The molecule has 0 aliphatic rings. The Morgan fingerprint density at radius 1 is 0.867 bits per heavy atom. The summed E-state index contributed by atoms with van der Waals surface area (Å²) in [6.45, 7) is 2.04. The predicted molar refractivity (Wildman–Crippen MR) is 124 cm³/mol. The van der Waals surface area contributed by atoms with Crippen LogP contribution in [0, 0.1) is 6.92 Å². The summed E-state index contributed by atoms with van der Waals surface area (Å²) >= 11 is 1.64. The van der Waals surface area contributed by atoms with Gasteiger partial charge in [0.25, 0.3) is 0 Å². The molecule has 0 radical (unpaired) electrons. The second-order valence-corrected chi connectivity index (χ2v) is 10.4. The third-order valence-electron chi connectivity index (χ3n) is 4.45. The molecule has 0 fully saturated rings. The highest BCUT2D eigenvalue weighted by molar-refractivity contribution is 7.99. The molecule has 6 heteroatoms. The summed E-state index contributed by atoms with van der Waals surface area (Å²) < 4.78 is 25.0. The van der Waals surface area contributed by atoms with Crippen molar-refractivity contribution >= 4 is 33.2 Å².